The molecule has 0 amide bonds. The third-order valence-corrected chi connectivity index (χ3v) is 0.866. The van der Waals surface area contributed by atoms with Crippen LogP contribution in [0.4, 0.5) is 0 Å². The minimum Gasteiger partial charge on any atom is -0.174 e. The van der Waals surface area contributed by atoms with Gasteiger partial charge in [0.25, 0.3) is 0 Å². The molecule has 0 atom stereocenters. The first kappa shape index (κ1) is 4.41. The molecule has 0 aliphatic carbocycles. The van der Waals surface area contributed by atoms with Crippen molar-refractivity contribution in [2.45, 2.75) is 0 Å². The summed E-state index contributed by atoms with van der Waals surface area (Å²) >= 11 is 1.86. The molecular formula is C2H7BS. The normalized spacial score (nSPS) is 7.25. The van der Waals surface area contributed by atoms with E-state index in [4.69, 9.17) is 0 Å². The van der Waals surface area contributed by atoms with Gasteiger partial charge < -0.3 is 0 Å². The summed E-state index contributed by atoms with van der Waals surface area (Å²) in [4.78, 5) is 0. The van der Waals surface area contributed by atoms with Gasteiger partial charge in [-0.05, 0) is 11.9 Å². The second kappa shape index (κ2) is 3.41. The summed E-state index contributed by atoms with van der Waals surface area (Å²) in [6.07, 6.45) is 2.10. The second-order valence-corrected chi connectivity index (χ2v) is 1.73. The minimum atomic E-state index is 1.24. The van der Waals surface area contributed by atoms with Crippen LogP contribution in [-0.2, 0) is 0 Å². The van der Waals surface area contributed by atoms with Crippen molar-refractivity contribution in [1.29, 1.82) is 0 Å². The summed E-state index contributed by atoms with van der Waals surface area (Å²) in [6.45, 7) is 0. The smallest absolute Gasteiger partial charge is 0.114 e. The van der Waals surface area contributed by atoms with Crippen LogP contribution in [-0.4, -0.2) is 19.8 Å². The van der Waals surface area contributed by atoms with Crippen LogP contribution in [0.1, 0.15) is 0 Å². The largest absolute Gasteiger partial charge is 0.174 e. The summed E-state index contributed by atoms with van der Waals surface area (Å²) in [5, 5.41) is 0. The van der Waals surface area contributed by atoms with Gasteiger partial charge in [0.2, 0.25) is 0 Å². The predicted octanol–water partition coefficient (Wildman–Crippen LogP) is -0.0600. The number of rotatable bonds is 1. The van der Waals surface area contributed by atoms with Crippen molar-refractivity contribution in [3.8, 4) is 0 Å². The van der Waals surface area contributed by atoms with Crippen molar-refractivity contribution in [2.75, 3.05) is 11.9 Å². The third kappa shape index (κ3) is 2.41. The van der Waals surface area contributed by atoms with Crippen LogP contribution in [0.3, 0.4) is 0 Å². The lowest BCUT2D eigenvalue weighted by Gasteiger charge is -1.69. The average Bonchev–Trinajstić information content (AvgIpc) is 1.37. The molecule has 0 spiro atoms. The fourth-order valence-corrected chi connectivity index (χ4v) is 0. The SMILES string of the molecule is BCSC. The van der Waals surface area contributed by atoms with Crippen molar-refractivity contribution >= 4 is 19.6 Å². The highest BCUT2D eigenvalue weighted by Gasteiger charge is 1.56. The first-order chi connectivity index (χ1) is 1.91. The molecule has 0 aromatic rings. The van der Waals surface area contributed by atoms with Crippen molar-refractivity contribution < 1.29 is 0 Å². The molecule has 2 heteroatoms. The monoisotopic (exact) mass is 74.0 g/mol. The molecule has 0 unspecified atom stereocenters. The Labute approximate surface area is 32.4 Å². The van der Waals surface area contributed by atoms with E-state index in [2.05, 4.69) is 14.1 Å². The Morgan fingerprint density at radius 3 is 2.25 bits per heavy atom. The van der Waals surface area contributed by atoms with E-state index >= 15 is 0 Å². The molecule has 4 heavy (non-hydrogen) atoms. The van der Waals surface area contributed by atoms with Gasteiger partial charge >= 0.3 is 0 Å². The van der Waals surface area contributed by atoms with Crippen LogP contribution in [0.2, 0.25) is 0 Å². The van der Waals surface area contributed by atoms with E-state index in [0.29, 0.717) is 0 Å². The number of thioether (sulfide) groups is 1. The molecule has 0 rings (SSSR count). The number of hydrogen-bond acceptors (Lipinski definition) is 1. The van der Waals surface area contributed by atoms with Gasteiger partial charge in [0.1, 0.15) is 7.85 Å². The van der Waals surface area contributed by atoms with Crippen LogP contribution in [0.25, 0.3) is 0 Å². The molecule has 0 fully saturated rings. The van der Waals surface area contributed by atoms with Crippen LogP contribution < -0.4 is 0 Å². The fraction of sp³-hybridized carbons (Fsp3) is 1.00. The first-order valence-corrected chi connectivity index (χ1v) is 2.80. The van der Waals surface area contributed by atoms with E-state index in [1.807, 2.05) is 11.8 Å². The summed E-state index contributed by atoms with van der Waals surface area (Å²) < 4.78 is 0. The zero-order valence-electron chi connectivity index (χ0n) is 3.12. The van der Waals surface area contributed by atoms with E-state index in [0.717, 1.165) is 0 Å². The van der Waals surface area contributed by atoms with Gasteiger partial charge in [-0.3, -0.25) is 0 Å². The van der Waals surface area contributed by atoms with Crippen molar-refractivity contribution in [3.05, 3.63) is 0 Å². The lowest BCUT2D eigenvalue weighted by Crippen LogP contribution is -1.63. The van der Waals surface area contributed by atoms with E-state index in [9.17, 15) is 0 Å². The Morgan fingerprint density at radius 1 is 2.00 bits per heavy atom. The van der Waals surface area contributed by atoms with Crippen molar-refractivity contribution in [3.63, 3.8) is 0 Å². The van der Waals surface area contributed by atoms with Crippen molar-refractivity contribution in [2.24, 2.45) is 0 Å². The Hall–Kier alpha value is 0.415. The van der Waals surface area contributed by atoms with Gasteiger partial charge in [0.05, 0.1) is 0 Å². The van der Waals surface area contributed by atoms with Crippen LogP contribution in [0, 0.1) is 0 Å². The fourth-order valence-electron chi connectivity index (χ4n) is 0. The summed E-state index contributed by atoms with van der Waals surface area (Å²) in [7, 11) is 2.14. The van der Waals surface area contributed by atoms with Crippen LogP contribution >= 0.6 is 11.8 Å². The number of hydrogen-bond donors (Lipinski definition) is 0. The van der Waals surface area contributed by atoms with E-state index in [-0.39, 0.29) is 0 Å². The highest BCUT2D eigenvalue weighted by Crippen LogP contribution is 1.80. The maximum atomic E-state index is 2.14. The van der Waals surface area contributed by atoms with E-state index in [1.165, 1.54) is 5.65 Å². The lowest BCUT2D eigenvalue weighted by atomic mass is 10.2. The van der Waals surface area contributed by atoms with Gasteiger partial charge in [0, 0.05) is 0 Å². The summed E-state index contributed by atoms with van der Waals surface area (Å²) in [6, 6.07) is 0. The first-order valence-electron chi connectivity index (χ1n) is 1.40. The molecule has 24 valence electrons. The molecule has 0 radical (unpaired) electrons. The highest BCUT2D eigenvalue weighted by molar-refractivity contribution is 7.99. The average molecular weight is 74.0 g/mol. The quantitative estimate of drug-likeness (QED) is 0.392. The molecule has 0 nitrogen and oxygen atoms in total. The molecule has 0 aromatic carbocycles. The standard InChI is InChI=1S/C2H7BS/c1-4-2-3/h2-3H2,1H3. The zero-order chi connectivity index (χ0) is 3.41. The van der Waals surface area contributed by atoms with Gasteiger partial charge in [-0.1, -0.05) is 0 Å². The molecule has 0 aliphatic heterocycles. The molecule has 0 aromatic heterocycles. The molecule has 0 saturated carbocycles. The predicted molar refractivity (Wildman–Crippen MR) is 26.9 cm³/mol. The van der Waals surface area contributed by atoms with Crippen molar-refractivity contribution in [1.82, 2.24) is 0 Å². The Kier molecular flexibility index (Phi) is 3.77. The highest BCUT2D eigenvalue weighted by atomic mass is 32.2. The van der Waals surface area contributed by atoms with E-state index < -0.39 is 0 Å². The topological polar surface area (TPSA) is 0 Å². The maximum Gasteiger partial charge on any atom is 0.114 e. The van der Waals surface area contributed by atoms with Gasteiger partial charge in [-0.2, -0.15) is 11.8 Å². The van der Waals surface area contributed by atoms with Gasteiger partial charge in [-0.25, -0.2) is 0 Å². The Morgan fingerprint density at radius 2 is 2.25 bits per heavy atom. The van der Waals surface area contributed by atoms with Gasteiger partial charge in [0.15, 0.2) is 0 Å². The third-order valence-electron chi connectivity index (χ3n) is 0.289. The van der Waals surface area contributed by atoms with E-state index in [1.54, 1.807) is 0 Å². The Balaban J connectivity index is 1.97. The summed E-state index contributed by atoms with van der Waals surface area (Å²) in [5.41, 5.74) is 1.24. The molecule has 0 saturated heterocycles. The summed E-state index contributed by atoms with van der Waals surface area (Å²) in [5.74, 6) is 0. The lowest BCUT2D eigenvalue weighted by molar-refractivity contribution is 2.20. The zero-order valence-corrected chi connectivity index (χ0v) is 3.93. The molecule has 0 heterocycles. The minimum absolute atomic E-state index is 1.24. The van der Waals surface area contributed by atoms with Gasteiger partial charge in [-0.15, -0.1) is 0 Å². The Bertz CT molecular complexity index is 8.00. The van der Waals surface area contributed by atoms with Crippen LogP contribution in [0.5, 0.6) is 0 Å². The molecule has 0 bridgehead atoms. The van der Waals surface area contributed by atoms with Crippen LogP contribution in [0.15, 0.2) is 0 Å². The molecule has 0 aliphatic rings. The second-order valence-electron chi connectivity index (χ2n) is 0.577. The molecule has 0 N–H and O–H groups in total. The maximum absolute atomic E-state index is 2.14. The molecular weight excluding hydrogens is 66.9 g/mol.